The Kier molecular flexibility index (Phi) is 3.77. The van der Waals surface area contributed by atoms with E-state index in [-0.39, 0.29) is 12.0 Å². The maximum atomic E-state index is 12.0. The Hall–Kier alpha value is -3.07. The van der Waals surface area contributed by atoms with E-state index >= 15 is 0 Å². The zero-order valence-electron chi connectivity index (χ0n) is 14.3. The predicted octanol–water partition coefficient (Wildman–Crippen LogP) is 5.19. The second-order valence-corrected chi connectivity index (χ2v) is 6.20. The number of aromatic nitrogens is 1. The highest BCUT2D eigenvalue weighted by molar-refractivity contribution is 6.10. The van der Waals surface area contributed by atoms with E-state index in [4.69, 9.17) is 4.74 Å². The number of hydrogen-bond acceptors (Lipinski definition) is 2. The molecule has 1 unspecified atom stereocenters. The van der Waals surface area contributed by atoms with Crippen LogP contribution in [0.15, 0.2) is 72.8 Å². The molecular weight excluding hydrogens is 310 g/mol. The molecule has 3 nitrogen and oxygen atoms in total. The molecule has 0 aliphatic heterocycles. The van der Waals surface area contributed by atoms with Gasteiger partial charge in [0.15, 0.2) is 0 Å². The van der Waals surface area contributed by atoms with Crippen molar-refractivity contribution in [2.75, 3.05) is 7.11 Å². The van der Waals surface area contributed by atoms with Crippen LogP contribution in [0.25, 0.3) is 21.8 Å². The minimum Gasteiger partial charge on any atom is -0.465 e. The first-order valence-corrected chi connectivity index (χ1v) is 8.36. The molecule has 124 valence electrons. The number of methoxy groups -OCH3 is 1. The first-order valence-electron chi connectivity index (χ1n) is 8.36. The number of esters is 1. The van der Waals surface area contributed by atoms with E-state index in [9.17, 15) is 4.79 Å². The van der Waals surface area contributed by atoms with Gasteiger partial charge in [-0.1, -0.05) is 54.6 Å². The van der Waals surface area contributed by atoms with Crippen molar-refractivity contribution in [2.45, 2.75) is 13.0 Å². The van der Waals surface area contributed by atoms with Gasteiger partial charge in [0.05, 0.1) is 24.2 Å². The van der Waals surface area contributed by atoms with E-state index < -0.39 is 0 Å². The molecule has 0 aliphatic rings. The molecule has 0 spiro atoms. The van der Waals surface area contributed by atoms with E-state index in [1.165, 1.54) is 18.1 Å². The fraction of sp³-hybridized carbons (Fsp3) is 0.136. The van der Waals surface area contributed by atoms with Crippen LogP contribution in [0, 0.1) is 0 Å². The lowest BCUT2D eigenvalue weighted by molar-refractivity contribution is 0.0601. The Bertz CT molecular complexity index is 1060. The number of hydrogen-bond donors (Lipinski definition) is 0. The van der Waals surface area contributed by atoms with E-state index in [1.54, 1.807) is 0 Å². The lowest BCUT2D eigenvalue weighted by Crippen LogP contribution is -2.07. The molecular formula is C22H19NO2. The molecule has 0 fully saturated rings. The molecule has 1 aromatic heterocycles. The number of ether oxygens (including phenoxy) is 1. The third-order valence-corrected chi connectivity index (χ3v) is 4.80. The molecule has 3 aromatic carbocycles. The summed E-state index contributed by atoms with van der Waals surface area (Å²) < 4.78 is 7.19. The lowest BCUT2D eigenvalue weighted by Gasteiger charge is -2.17. The molecule has 0 bridgehead atoms. The van der Waals surface area contributed by atoms with Crippen LogP contribution in [0.5, 0.6) is 0 Å². The van der Waals surface area contributed by atoms with Crippen LogP contribution in [0.4, 0.5) is 0 Å². The van der Waals surface area contributed by atoms with Gasteiger partial charge in [-0.25, -0.2) is 4.79 Å². The number of rotatable bonds is 3. The van der Waals surface area contributed by atoms with Crippen LogP contribution in [-0.4, -0.2) is 17.6 Å². The highest BCUT2D eigenvalue weighted by Gasteiger charge is 2.18. The van der Waals surface area contributed by atoms with E-state index in [0.717, 1.165) is 16.4 Å². The zero-order valence-corrected chi connectivity index (χ0v) is 14.3. The van der Waals surface area contributed by atoms with Crippen molar-refractivity contribution in [2.24, 2.45) is 0 Å². The van der Waals surface area contributed by atoms with E-state index in [2.05, 4.69) is 54.0 Å². The van der Waals surface area contributed by atoms with Crippen molar-refractivity contribution in [3.63, 3.8) is 0 Å². The SMILES string of the molecule is COC(=O)c1ccc2c3ccccc3n(C(C)c3ccccc3)c2c1. The second kappa shape index (κ2) is 6.10. The van der Waals surface area contributed by atoms with Gasteiger partial charge in [0.25, 0.3) is 0 Å². The molecule has 0 amide bonds. The van der Waals surface area contributed by atoms with Crippen molar-refractivity contribution < 1.29 is 9.53 Å². The highest BCUT2D eigenvalue weighted by Crippen LogP contribution is 2.34. The Labute approximate surface area is 146 Å². The molecule has 0 radical (unpaired) electrons. The normalized spacial score (nSPS) is 12.4. The van der Waals surface area contributed by atoms with Crippen molar-refractivity contribution in [3.05, 3.63) is 83.9 Å². The van der Waals surface area contributed by atoms with Crippen LogP contribution in [-0.2, 0) is 4.74 Å². The molecule has 1 heterocycles. The van der Waals surface area contributed by atoms with Crippen molar-refractivity contribution in [1.29, 1.82) is 0 Å². The Balaban J connectivity index is 2.03. The first kappa shape index (κ1) is 15.5. The summed E-state index contributed by atoms with van der Waals surface area (Å²) in [5, 5.41) is 2.34. The first-order chi connectivity index (χ1) is 12.2. The summed E-state index contributed by atoms with van der Waals surface area (Å²) in [5.74, 6) is -0.314. The van der Waals surface area contributed by atoms with Gasteiger partial charge in [0.2, 0.25) is 0 Å². The average Bonchev–Trinajstić information content (AvgIpc) is 3.01. The second-order valence-electron chi connectivity index (χ2n) is 6.20. The quantitative estimate of drug-likeness (QED) is 0.484. The monoisotopic (exact) mass is 329 g/mol. The summed E-state index contributed by atoms with van der Waals surface area (Å²) in [7, 11) is 1.41. The molecule has 4 aromatic rings. The molecule has 0 aliphatic carbocycles. The van der Waals surface area contributed by atoms with Crippen molar-refractivity contribution in [3.8, 4) is 0 Å². The topological polar surface area (TPSA) is 31.2 Å². The van der Waals surface area contributed by atoms with Crippen LogP contribution >= 0.6 is 0 Å². The zero-order chi connectivity index (χ0) is 17.4. The summed E-state index contributed by atoms with van der Waals surface area (Å²) in [6.07, 6.45) is 0. The smallest absolute Gasteiger partial charge is 0.337 e. The summed E-state index contributed by atoms with van der Waals surface area (Å²) >= 11 is 0. The average molecular weight is 329 g/mol. The van der Waals surface area contributed by atoms with Crippen molar-refractivity contribution in [1.82, 2.24) is 4.57 Å². The third-order valence-electron chi connectivity index (χ3n) is 4.80. The third kappa shape index (κ3) is 2.49. The van der Waals surface area contributed by atoms with Gasteiger partial charge >= 0.3 is 5.97 Å². The lowest BCUT2D eigenvalue weighted by atomic mass is 10.1. The Morgan fingerprint density at radius 2 is 1.56 bits per heavy atom. The maximum absolute atomic E-state index is 12.0. The molecule has 0 saturated carbocycles. The molecule has 1 atom stereocenters. The molecule has 0 N–H and O–H groups in total. The van der Waals surface area contributed by atoms with Gasteiger partial charge in [-0.05, 0) is 30.7 Å². The minimum atomic E-state index is -0.314. The van der Waals surface area contributed by atoms with Crippen LogP contribution < -0.4 is 0 Å². The van der Waals surface area contributed by atoms with Crippen LogP contribution in [0.1, 0.15) is 28.9 Å². The summed E-state index contributed by atoms with van der Waals surface area (Å²) in [4.78, 5) is 12.0. The van der Waals surface area contributed by atoms with Gasteiger partial charge in [0, 0.05) is 16.3 Å². The van der Waals surface area contributed by atoms with Gasteiger partial charge in [0.1, 0.15) is 0 Å². The minimum absolute atomic E-state index is 0.150. The van der Waals surface area contributed by atoms with E-state index in [1.807, 2.05) is 30.3 Å². The van der Waals surface area contributed by atoms with Crippen LogP contribution in [0.3, 0.4) is 0 Å². The Morgan fingerprint density at radius 1 is 0.880 bits per heavy atom. The van der Waals surface area contributed by atoms with E-state index in [0.29, 0.717) is 5.56 Å². The van der Waals surface area contributed by atoms with Gasteiger partial charge in [-0.3, -0.25) is 0 Å². The highest BCUT2D eigenvalue weighted by atomic mass is 16.5. The number of fused-ring (bicyclic) bond motifs is 3. The number of para-hydroxylation sites is 1. The number of benzene rings is 3. The Morgan fingerprint density at radius 3 is 2.32 bits per heavy atom. The number of carbonyl (C=O) groups is 1. The summed E-state index contributed by atoms with van der Waals surface area (Å²) in [5.41, 5.74) is 4.00. The van der Waals surface area contributed by atoms with Gasteiger partial charge in [-0.15, -0.1) is 0 Å². The number of carbonyl (C=O) groups excluding carboxylic acids is 1. The number of nitrogens with zero attached hydrogens (tertiary/aromatic N) is 1. The standard InChI is InChI=1S/C22H19NO2/c1-15(16-8-4-3-5-9-16)23-20-11-7-6-10-18(20)19-13-12-17(14-21(19)23)22(24)25-2/h3-15H,1-2H3. The summed E-state index contributed by atoms with van der Waals surface area (Å²) in [6.45, 7) is 2.19. The fourth-order valence-electron chi connectivity index (χ4n) is 3.54. The molecule has 3 heteroatoms. The van der Waals surface area contributed by atoms with Crippen molar-refractivity contribution >= 4 is 27.8 Å². The molecule has 4 rings (SSSR count). The predicted molar refractivity (Wildman–Crippen MR) is 101 cm³/mol. The largest absolute Gasteiger partial charge is 0.465 e. The fourth-order valence-corrected chi connectivity index (χ4v) is 3.54. The molecule has 0 saturated heterocycles. The molecule has 25 heavy (non-hydrogen) atoms. The van der Waals surface area contributed by atoms with Gasteiger partial charge in [-0.2, -0.15) is 0 Å². The maximum Gasteiger partial charge on any atom is 0.337 e. The van der Waals surface area contributed by atoms with Gasteiger partial charge < -0.3 is 9.30 Å². The summed E-state index contributed by atoms with van der Waals surface area (Å²) in [6, 6.07) is 24.7. The van der Waals surface area contributed by atoms with Crippen LogP contribution in [0.2, 0.25) is 0 Å².